The molecule has 196 valence electrons. The van der Waals surface area contributed by atoms with Gasteiger partial charge >= 0.3 is 6.61 Å². The highest BCUT2D eigenvalue weighted by atomic mass is 19.3. The van der Waals surface area contributed by atoms with Gasteiger partial charge in [0.2, 0.25) is 0 Å². The molecule has 2 aromatic carbocycles. The number of para-hydroxylation sites is 1. The number of nitrogens with zero attached hydrogens (tertiary/aromatic N) is 3. The second-order valence-corrected chi connectivity index (χ2v) is 8.14. The summed E-state index contributed by atoms with van der Waals surface area (Å²) in [6.45, 7) is -3.51. The third kappa shape index (κ3) is 6.00. The lowest BCUT2D eigenvalue weighted by Gasteiger charge is -2.35. The second kappa shape index (κ2) is 11.7. The van der Waals surface area contributed by atoms with E-state index in [-0.39, 0.29) is 36.6 Å². The van der Waals surface area contributed by atoms with E-state index in [0.717, 1.165) is 9.80 Å². The number of aliphatic hydroxyl groups excluding tert-OH is 1. The molecule has 3 rings (SSSR count). The van der Waals surface area contributed by atoms with Crippen molar-refractivity contribution in [1.82, 2.24) is 4.90 Å². The van der Waals surface area contributed by atoms with Crippen molar-refractivity contribution in [2.75, 3.05) is 37.5 Å². The van der Waals surface area contributed by atoms with Crippen LogP contribution in [0.2, 0.25) is 0 Å². The molecule has 37 heavy (non-hydrogen) atoms. The summed E-state index contributed by atoms with van der Waals surface area (Å²) in [6, 6.07) is 10.3. The number of nitrogens with two attached hydrogens (primary N) is 1. The summed E-state index contributed by atoms with van der Waals surface area (Å²) in [5, 5.41) is 22.2. The SMILES string of the molecule is CN(C)C(=O)c1cccc(N2CCO[C@H]([C@@H](O)C(=O)Nc3ccc(C#N)c(CN)c3)C2=O)c1OC(F)F. The first-order valence-corrected chi connectivity index (χ1v) is 11.0. The molecule has 13 heteroatoms. The van der Waals surface area contributed by atoms with Gasteiger partial charge in [0.1, 0.15) is 0 Å². The van der Waals surface area contributed by atoms with Crippen LogP contribution in [0.1, 0.15) is 21.5 Å². The van der Waals surface area contributed by atoms with E-state index in [1.807, 2.05) is 6.07 Å². The fraction of sp³-hybridized carbons (Fsp3) is 0.333. The molecule has 0 saturated carbocycles. The Kier molecular flexibility index (Phi) is 8.72. The average molecular weight is 517 g/mol. The van der Waals surface area contributed by atoms with Crippen LogP contribution in [0.25, 0.3) is 0 Å². The topological polar surface area (TPSA) is 158 Å². The number of carbonyl (C=O) groups is 3. The minimum Gasteiger partial charge on any atom is -0.432 e. The van der Waals surface area contributed by atoms with Crippen molar-refractivity contribution in [2.45, 2.75) is 25.4 Å². The van der Waals surface area contributed by atoms with E-state index in [2.05, 4.69) is 10.1 Å². The Labute approximate surface area is 211 Å². The quantitative estimate of drug-likeness (QED) is 0.469. The minimum atomic E-state index is -3.29. The molecule has 1 aliphatic rings. The highest BCUT2D eigenvalue weighted by Crippen LogP contribution is 2.36. The van der Waals surface area contributed by atoms with Crippen LogP contribution in [0.15, 0.2) is 36.4 Å². The van der Waals surface area contributed by atoms with E-state index < -0.39 is 42.3 Å². The number of nitrogens with one attached hydrogen (secondary N) is 1. The Morgan fingerprint density at radius 1 is 1.35 bits per heavy atom. The number of carbonyl (C=O) groups excluding carboxylic acids is 3. The molecular weight excluding hydrogens is 492 g/mol. The monoisotopic (exact) mass is 517 g/mol. The van der Waals surface area contributed by atoms with Gasteiger partial charge in [-0.15, -0.1) is 0 Å². The van der Waals surface area contributed by atoms with Gasteiger partial charge in [-0.25, -0.2) is 0 Å². The highest BCUT2D eigenvalue weighted by Gasteiger charge is 2.41. The summed E-state index contributed by atoms with van der Waals surface area (Å²) in [6.07, 6.45) is -3.65. The predicted octanol–water partition coefficient (Wildman–Crippen LogP) is 1.05. The number of aliphatic hydroxyl groups is 1. The zero-order valence-electron chi connectivity index (χ0n) is 20.0. The zero-order chi connectivity index (χ0) is 27.3. The largest absolute Gasteiger partial charge is 0.432 e. The number of morpholine rings is 1. The molecule has 0 radical (unpaired) electrons. The number of nitriles is 1. The molecule has 1 aliphatic heterocycles. The van der Waals surface area contributed by atoms with Gasteiger partial charge in [-0.05, 0) is 35.9 Å². The van der Waals surface area contributed by atoms with Crippen LogP contribution in [0.5, 0.6) is 5.75 Å². The van der Waals surface area contributed by atoms with Crippen LogP contribution in [0.3, 0.4) is 0 Å². The number of amides is 3. The van der Waals surface area contributed by atoms with Crippen LogP contribution in [0, 0.1) is 11.3 Å². The molecule has 2 atom stereocenters. The standard InChI is InChI=1S/C24H25F2N5O6/c1-30(2)22(34)16-4-3-5-17(19(16)37-24(25)26)31-8-9-36-20(23(31)35)18(32)21(33)29-15-7-6-13(11-27)14(10-15)12-28/h3-7,10,18,20,24,32H,8-9,12,28H2,1-2H3,(H,29,33)/t18-,20-/m1/s1. The van der Waals surface area contributed by atoms with Crippen molar-refractivity contribution in [3.05, 3.63) is 53.1 Å². The number of anilines is 2. The van der Waals surface area contributed by atoms with E-state index in [9.17, 15) is 28.3 Å². The first kappa shape index (κ1) is 27.5. The summed E-state index contributed by atoms with van der Waals surface area (Å²) in [5.74, 6) is -3.03. The second-order valence-electron chi connectivity index (χ2n) is 8.14. The van der Waals surface area contributed by atoms with Crippen LogP contribution in [-0.4, -0.2) is 73.8 Å². The molecule has 0 unspecified atom stereocenters. The lowest BCUT2D eigenvalue weighted by Crippen LogP contribution is -2.55. The number of alkyl halides is 2. The van der Waals surface area contributed by atoms with Crippen LogP contribution in [-0.2, 0) is 20.9 Å². The highest BCUT2D eigenvalue weighted by molar-refractivity contribution is 6.06. The zero-order valence-corrected chi connectivity index (χ0v) is 20.0. The summed E-state index contributed by atoms with van der Waals surface area (Å²) >= 11 is 0. The molecule has 0 aliphatic carbocycles. The lowest BCUT2D eigenvalue weighted by molar-refractivity contribution is -0.150. The molecule has 0 aromatic heterocycles. The Hall–Kier alpha value is -4.12. The molecule has 1 fully saturated rings. The number of benzene rings is 2. The first-order chi connectivity index (χ1) is 17.6. The molecule has 11 nitrogen and oxygen atoms in total. The predicted molar refractivity (Wildman–Crippen MR) is 127 cm³/mol. The van der Waals surface area contributed by atoms with Crippen molar-refractivity contribution >= 4 is 29.1 Å². The maximum absolute atomic E-state index is 13.2. The van der Waals surface area contributed by atoms with Crippen LogP contribution in [0.4, 0.5) is 20.2 Å². The molecule has 2 aromatic rings. The smallest absolute Gasteiger partial charge is 0.387 e. The maximum atomic E-state index is 13.2. The van der Waals surface area contributed by atoms with Gasteiger partial charge in [-0.3, -0.25) is 14.4 Å². The number of hydrogen-bond donors (Lipinski definition) is 3. The fourth-order valence-electron chi connectivity index (χ4n) is 3.73. The van der Waals surface area contributed by atoms with Gasteiger partial charge < -0.3 is 35.4 Å². The third-order valence-corrected chi connectivity index (χ3v) is 5.52. The van der Waals surface area contributed by atoms with Crippen molar-refractivity contribution in [3.8, 4) is 11.8 Å². The van der Waals surface area contributed by atoms with Gasteiger partial charge in [0.15, 0.2) is 18.0 Å². The Morgan fingerprint density at radius 3 is 2.70 bits per heavy atom. The number of ether oxygens (including phenoxy) is 2. The summed E-state index contributed by atoms with van der Waals surface area (Å²) in [7, 11) is 2.85. The van der Waals surface area contributed by atoms with Crippen molar-refractivity contribution in [1.29, 1.82) is 5.26 Å². The Balaban J connectivity index is 1.87. The third-order valence-electron chi connectivity index (χ3n) is 5.52. The lowest BCUT2D eigenvalue weighted by atomic mass is 10.1. The van der Waals surface area contributed by atoms with Crippen molar-refractivity contribution in [2.24, 2.45) is 5.73 Å². The van der Waals surface area contributed by atoms with Gasteiger partial charge in [0.05, 0.1) is 29.5 Å². The van der Waals surface area contributed by atoms with E-state index in [1.54, 1.807) is 0 Å². The molecule has 0 spiro atoms. The van der Waals surface area contributed by atoms with Crippen LogP contribution >= 0.6 is 0 Å². The minimum absolute atomic E-state index is 0.0345. The number of rotatable bonds is 8. The van der Waals surface area contributed by atoms with Gasteiger partial charge in [0, 0.05) is 32.9 Å². The average Bonchev–Trinajstić information content (AvgIpc) is 2.87. The van der Waals surface area contributed by atoms with Gasteiger partial charge in [0.25, 0.3) is 17.7 Å². The summed E-state index contributed by atoms with van der Waals surface area (Å²) in [4.78, 5) is 40.7. The van der Waals surface area contributed by atoms with Crippen LogP contribution < -0.4 is 20.7 Å². The van der Waals surface area contributed by atoms with E-state index >= 15 is 0 Å². The number of hydrogen-bond acceptors (Lipinski definition) is 8. The van der Waals surface area contributed by atoms with Gasteiger partial charge in [-0.2, -0.15) is 14.0 Å². The molecule has 1 heterocycles. The summed E-state index contributed by atoms with van der Waals surface area (Å²) < 4.78 is 36.4. The van der Waals surface area contributed by atoms with Gasteiger partial charge in [-0.1, -0.05) is 6.07 Å². The fourth-order valence-corrected chi connectivity index (χ4v) is 3.73. The molecule has 4 N–H and O–H groups in total. The number of halogens is 2. The molecule has 3 amide bonds. The molecule has 0 bridgehead atoms. The van der Waals surface area contributed by atoms with E-state index in [1.165, 1.54) is 50.5 Å². The maximum Gasteiger partial charge on any atom is 0.387 e. The first-order valence-electron chi connectivity index (χ1n) is 11.0. The Morgan fingerprint density at radius 2 is 2.08 bits per heavy atom. The van der Waals surface area contributed by atoms with Crippen molar-refractivity contribution in [3.63, 3.8) is 0 Å². The molecular formula is C24H25F2N5O6. The van der Waals surface area contributed by atoms with Crippen molar-refractivity contribution < 1.29 is 37.7 Å². The molecule has 1 saturated heterocycles. The summed E-state index contributed by atoms with van der Waals surface area (Å²) in [5.41, 5.74) is 6.28. The van der Waals surface area contributed by atoms with E-state index in [4.69, 9.17) is 15.7 Å². The Bertz CT molecular complexity index is 1230. The van der Waals surface area contributed by atoms with E-state index in [0.29, 0.717) is 11.1 Å². The normalized spacial score (nSPS) is 16.2.